The lowest BCUT2D eigenvalue weighted by molar-refractivity contribution is 0.489. The van der Waals surface area contributed by atoms with E-state index in [4.69, 9.17) is 0 Å². The van der Waals surface area contributed by atoms with Gasteiger partial charge in [0.05, 0.1) is 6.54 Å². The van der Waals surface area contributed by atoms with E-state index >= 15 is 0 Å². The van der Waals surface area contributed by atoms with E-state index in [0.717, 1.165) is 17.7 Å². The van der Waals surface area contributed by atoms with Crippen LogP contribution in [0.3, 0.4) is 0 Å². The smallest absolute Gasteiger partial charge is 0.157 e. The fraction of sp³-hybridized carbons (Fsp3) is 0.909. The molecule has 0 saturated heterocycles. The maximum Gasteiger partial charge on any atom is 0.157 e. The molecule has 0 aromatic rings. The summed E-state index contributed by atoms with van der Waals surface area (Å²) in [4.78, 5) is 4.55. The van der Waals surface area contributed by atoms with Gasteiger partial charge in [0.1, 0.15) is 0 Å². The number of hydrogen-bond donors (Lipinski definition) is 1. The number of aliphatic imine (C=N–C) groups is 1. The molecule has 0 spiro atoms. The molecule has 0 radical (unpaired) electrons. The number of rotatable bonds is 2. The van der Waals surface area contributed by atoms with Crippen molar-refractivity contribution in [2.24, 2.45) is 10.9 Å². The van der Waals surface area contributed by atoms with Crippen molar-refractivity contribution >= 4 is 16.9 Å². The molecular formula is C11H20N2S. The molecule has 3 heteroatoms. The predicted molar refractivity (Wildman–Crippen MR) is 63.9 cm³/mol. The van der Waals surface area contributed by atoms with Gasteiger partial charge in [-0.05, 0) is 25.2 Å². The van der Waals surface area contributed by atoms with Gasteiger partial charge in [0.25, 0.3) is 0 Å². The Hall–Kier alpha value is -0.180. The van der Waals surface area contributed by atoms with Crippen molar-refractivity contribution in [3.63, 3.8) is 0 Å². The van der Waals surface area contributed by atoms with E-state index in [0.29, 0.717) is 6.04 Å². The molecule has 1 aliphatic heterocycles. The van der Waals surface area contributed by atoms with E-state index in [9.17, 15) is 0 Å². The zero-order chi connectivity index (χ0) is 9.97. The molecular weight excluding hydrogens is 192 g/mol. The first-order chi connectivity index (χ1) is 6.79. The van der Waals surface area contributed by atoms with E-state index < -0.39 is 0 Å². The van der Waals surface area contributed by atoms with Crippen LogP contribution in [0.4, 0.5) is 0 Å². The lowest BCUT2D eigenvalue weighted by atomic mass is 10.1. The van der Waals surface area contributed by atoms with Crippen molar-refractivity contribution in [1.29, 1.82) is 0 Å². The number of nitrogens with zero attached hydrogens (tertiary/aromatic N) is 1. The van der Waals surface area contributed by atoms with E-state index in [1.165, 1.54) is 30.9 Å². The minimum atomic E-state index is 0.692. The molecule has 3 unspecified atom stereocenters. The highest BCUT2D eigenvalue weighted by Crippen LogP contribution is 2.28. The van der Waals surface area contributed by atoms with Crippen molar-refractivity contribution in [2.45, 2.75) is 50.8 Å². The fourth-order valence-electron chi connectivity index (χ4n) is 2.23. The van der Waals surface area contributed by atoms with Crippen molar-refractivity contribution in [2.75, 3.05) is 6.54 Å². The number of hydrogen-bond acceptors (Lipinski definition) is 3. The van der Waals surface area contributed by atoms with Gasteiger partial charge < -0.3 is 5.32 Å². The third kappa shape index (κ3) is 2.25. The first-order valence-electron chi connectivity index (χ1n) is 5.77. The van der Waals surface area contributed by atoms with Gasteiger partial charge in [-0.25, -0.2) is 0 Å². The minimum absolute atomic E-state index is 0.692. The van der Waals surface area contributed by atoms with Crippen molar-refractivity contribution in [1.82, 2.24) is 5.32 Å². The number of nitrogens with one attached hydrogen (secondary N) is 1. The second-order valence-electron chi connectivity index (χ2n) is 4.45. The number of thioether (sulfide) groups is 1. The summed E-state index contributed by atoms with van der Waals surface area (Å²) >= 11 is 1.94. The van der Waals surface area contributed by atoms with Crippen LogP contribution < -0.4 is 5.32 Å². The Bertz CT molecular complexity index is 227. The summed E-state index contributed by atoms with van der Waals surface area (Å²) in [5.74, 6) is 0.832. The van der Waals surface area contributed by atoms with Crippen LogP contribution in [0.15, 0.2) is 4.99 Å². The zero-order valence-corrected chi connectivity index (χ0v) is 9.94. The normalized spacial score (nSPS) is 37.3. The molecule has 3 atom stereocenters. The molecule has 1 heterocycles. The molecule has 0 bridgehead atoms. The summed E-state index contributed by atoms with van der Waals surface area (Å²) in [5, 5.41) is 5.54. The quantitative estimate of drug-likeness (QED) is 0.761. The molecule has 0 amide bonds. The Morgan fingerprint density at radius 1 is 1.50 bits per heavy atom. The lowest BCUT2D eigenvalue weighted by Gasteiger charge is -2.18. The van der Waals surface area contributed by atoms with Crippen LogP contribution >= 0.6 is 11.8 Å². The predicted octanol–water partition coefficient (Wildman–Crippen LogP) is 2.65. The molecule has 1 N–H and O–H groups in total. The largest absolute Gasteiger partial charge is 0.362 e. The van der Waals surface area contributed by atoms with Gasteiger partial charge in [0.2, 0.25) is 0 Å². The average Bonchev–Trinajstić information content (AvgIpc) is 2.77. The minimum Gasteiger partial charge on any atom is -0.362 e. The highest BCUT2D eigenvalue weighted by Gasteiger charge is 2.26. The van der Waals surface area contributed by atoms with Gasteiger partial charge in [0, 0.05) is 11.3 Å². The van der Waals surface area contributed by atoms with Crippen LogP contribution in [0.25, 0.3) is 0 Å². The topological polar surface area (TPSA) is 24.4 Å². The van der Waals surface area contributed by atoms with Gasteiger partial charge in [-0.1, -0.05) is 32.0 Å². The SMILES string of the molecule is CCC1CN=C(NC2CCCC2C)S1. The summed E-state index contributed by atoms with van der Waals surface area (Å²) in [6.45, 7) is 5.61. The van der Waals surface area contributed by atoms with Gasteiger partial charge in [-0.3, -0.25) is 4.99 Å². The van der Waals surface area contributed by atoms with Crippen LogP contribution in [-0.4, -0.2) is 23.0 Å². The summed E-state index contributed by atoms with van der Waals surface area (Å²) < 4.78 is 0. The second kappa shape index (κ2) is 4.56. The van der Waals surface area contributed by atoms with Crippen molar-refractivity contribution in [3.05, 3.63) is 0 Å². The van der Waals surface area contributed by atoms with Crippen LogP contribution in [0.1, 0.15) is 39.5 Å². The monoisotopic (exact) mass is 212 g/mol. The maximum atomic E-state index is 4.55. The zero-order valence-electron chi connectivity index (χ0n) is 9.12. The molecule has 2 rings (SSSR count). The molecule has 1 aliphatic carbocycles. The third-order valence-electron chi connectivity index (χ3n) is 3.34. The summed E-state index contributed by atoms with van der Waals surface area (Å²) in [7, 11) is 0. The number of amidine groups is 1. The molecule has 2 nitrogen and oxygen atoms in total. The van der Waals surface area contributed by atoms with Crippen LogP contribution in [0.5, 0.6) is 0 Å². The summed E-state index contributed by atoms with van der Waals surface area (Å²) in [6, 6.07) is 0.692. The van der Waals surface area contributed by atoms with Gasteiger partial charge >= 0.3 is 0 Å². The Kier molecular flexibility index (Phi) is 3.37. The highest BCUT2D eigenvalue weighted by atomic mass is 32.2. The Balaban J connectivity index is 1.81. The Morgan fingerprint density at radius 2 is 2.36 bits per heavy atom. The van der Waals surface area contributed by atoms with Crippen LogP contribution in [0, 0.1) is 5.92 Å². The average molecular weight is 212 g/mol. The molecule has 0 aromatic heterocycles. The first kappa shape index (κ1) is 10.3. The molecule has 0 aromatic carbocycles. The Morgan fingerprint density at radius 3 is 2.93 bits per heavy atom. The summed E-state index contributed by atoms with van der Waals surface area (Å²) in [6.07, 6.45) is 5.33. The third-order valence-corrected chi connectivity index (χ3v) is 4.63. The van der Waals surface area contributed by atoms with E-state index in [2.05, 4.69) is 24.2 Å². The van der Waals surface area contributed by atoms with E-state index in [1.54, 1.807) is 0 Å². The van der Waals surface area contributed by atoms with Gasteiger partial charge in [0.15, 0.2) is 5.17 Å². The lowest BCUT2D eigenvalue weighted by Crippen LogP contribution is -2.34. The Labute approximate surface area is 90.9 Å². The van der Waals surface area contributed by atoms with E-state index in [-0.39, 0.29) is 0 Å². The summed E-state index contributed by atoms with van der Waals surface area (Å²) in [5.41, 5.74) is 0. The van der Waals surface area contributed by atoms with Crippen molar-refractivity contribution < 1.29 is 0 Å². The van der Waals surface area contributed by atoms with Crippen LogP contribution in [-0.2, 0) is 0 Å². The molecule has 1 saturated carbocycles. The van der Waals surface area contributed by atoms with Gasteiger partial charge in [-0.15, -0.1) is 0 Å². The first-order valence-corrected chi connectivity index (χ1v) is 6.65. The molecule has 2 aliphatic rings. The van der Waals surface area contributed by atoms with Crippen LogP contribution in [0.2, 0.25) is 0 Å². The fourth-order valence-corrected chi connectivity index (χ4v) is 3.23. The highest BCUT2D eigenvalue weighted by molar-refractivity contribution is 8.14. The molecule has 1 fully saturated rings. The standard InChI is InChI=1S/C11H20N2S/c1-3-9-7-12-11(14-9)13-10-6-4-5-8(10)2/h8-10H,3-7H2,1-2H3,(H,12,13). The molecule has 14 heavy (non-hydrogen) atoms. The van der Waals surface area contributed by atoms with Crippen molar-refractivity contribution in [3.8, 4) is 0 Å². The van der Waals surface area contributed by atoms with E-state index in [1.807, 2.05) is 11.8 Å². The molecule has 80 valence electrons. The van der Waals surface area contributed by atoms with Gasteiger partial charge in [-0.2, -0.15) is 0 Å². The maximum absolute atomic E-state index is 4.55. The second-order valence-corrected chi connectivity index (χ2v) is 5.74.